The zero-order valence-corrected chi connectivity index (χ0v) is 17.1. The average Bonchev–Trinajstić information content (AvgIpc) is 3.44. The normalized spacial score (nSPS) is 24.9. The largest absolute Gasteiger partial charge is 0.481 e. The molecule has 7 rings (SSSR count). The van der Waals surface area contributed by atoms with Crippen LogP contribution in [0.15, 0.2) is 36.8 Å². The van der Waals surface area contributed by atoms with Crippen LogP contribution in [-0.4, -0.2) is 36.5 Å². The molecule has 0 amide bonds. The highest BCUT2D eigenvalue weighted by Gasteiger charge is 2.47. The molecule has 9 heteroatoms. The lowest BCUT2D eigenvalue weighted by Crippen LogP contribution is -2.51. The molecule has 3 aliphatic carbocycles. The first-order chi connectivity index (χ1) is 15.5. The quantitative estimate of drug-likeness (QED) is 0.438. The maximum atomic E-state index is 15.4. The standard InChI is InChI=1S/C23H21F2N5O2/c24-13-8-14-15(10-27-21(14)26-9-13)19-16-2-1-7-30(16)20(25)22(29-19)28-18-12-5-3-11(4-6-12)17(18)23(31)32/h1-2,7-12,17-18,28H,3-6H2,(H,26,27)(H,31,32)/t11-,12+,17-,18?/m0/s1. The van der Waals surface area contributed by atoms with Crippen LogP contribution in [0.1, 0.15) is 25.7 Å². The van der Waals surface area contributed by atoms with E-state index in [0.717, 1.165) is 31.9 Å². The summed E-state index contributed by atoms with van der Waals surface area (Å²) in [5.41, 5.74) is 2.09. The summed E-state index contributed by atoms with van der Waals surface area (Å²) in [6.07, 6.45) is 8.05. The van der Waals surface area contributed by atoms with Crippen molar-refractivity contribution in [1.29, 1.82) is 0 Å². The summed E-state index contributed by atoms with van der Waals surface area (Å²) in [5, 5.41) is 13.6. The first kappa shape index (κ1) is 19.2. The second-order valence-electron chi connectivity index (χ2n) is 8.82. The van der Waals surface area contributed by atoms with Crippen LogP contribution >= 0.6 is 0 Å². The van der Waals surface area contributed by atoms with E-state index in [1.54, 1.807) is 24.5 Å². The van der Waals surface area contributed by atoms with Gasteiger partial charge in [-0.3, -0.25) is 9.20 Å². The van der Waals surface area contributed by atoms with Gasteiger partial charge < -0.3 is 15.4 Å². The van der Waals surface area contributed by atoms with Gasteiger partial charge in [0, 0.05) is 29.4 Å². The van der Waals surface area contributed by atoms with Crippen LogP contribution in [0.3, 0.4) is 0 Å². The molecular formula is C23H21F2N5O2. The number of carboxylic acid groups (broad SMARTS) is 1. The van der Waals surface area contributed by atoms with Crippen molar-refractivity contribution in [2.75, 3.05) is 5.32 Å². The highest BCUT2D eigenvalue weighted by atomic mass is 19.1. The fourth-order valence-corrected chi connectivity index (χ4v) is 5.71. The van der Waals surface area contributed by atoms with Crippen LogP contribution in [0.5, 0.6) is 0 Å². The molecule has 3 N–H and O–H groups in total. The van der Waals surface area contributed by atoms with Crippen LogP contribution in [0, 0.1) is 29.5 Å². The zero-order chi connectivity index (χ0) is 22.0. The maximum absolute atomic E-state index is 15.4. The molecule has 4 heterocycles. The van der Waals surface area contributed by atoms with E-state index in [9.17, 15) is 14.3 Å². The molecule has 0 saturated heterocycles. The van der Waals surface area contributed by atoms with Crippen LogP contribution in [0.4, 0.5) is 14.6 Å². The lowest BCUT2D eigenvalue weighted by molar-refractivity contribution is -0.148. The van der Waals surface area contributed by atoms with E-state index in [-0.39, 0.29) is 23.7 Å². The minimum atomic E-state index is -0.849. The topological polar surface area (TPSA) is 95.3 Å². The van der Waals surface area contributed by atoms with Gasteiger partial charge >= 0.3 is 5.97 Å². The van der Waals surface area contributed by atoms with E-state index in [1.165, 1.54) is 10.5 Å². The number of hydrogen-bond donors (Lipinski definition) is 3. The van der Waals surface area contributed by atoms with Crippen molar-refractivity contribution in [3.63, 3.8) is 0 Å². The predicted octanol–water partition coefficient (Wildman–Crippen LogP) is 4.46. The molecule has 164 valence electrons. The van der Waals surface area contributed by atoms with Crippen LogP contribution < -0.4 is 5.32 Å². The predicted molar refractivity (Wildman–Crippen MR) is 114 cm³/mol. The van der Waals surface area contributed by atoms with Crippen molar-refractivity contribution in [2.24, 2.45) is 17.8 Å². The molecular weight excluding hydrogens is 416 g/mol. The summed E-state index contributed by atoms with van der Waals surface area (Å²) in [7, 11) is 0. The van der Waals surface area contributed by atoms with Gasteiger partial charge in [-0.1, -0.05) is 0 Å². The summed E-state index contributed by atoms with van der Waals surface area (Å²) in [6, 6.07) is 4.43. The summed E-state index contributed by atoms with van der Waals surface area (Å²) in [4.78, 5) is 23.7. The maximum Gasteiger partial charge on any atom is 0.308 e. The third kappa shape index (κ3) is 2.80. The number of carboxylic acids is 1. The number of aliphatic carboxylic acids is 1. The fourth-order valence-electron chi connectivity index (χ4n) is 5.71. The minimum Gasteiger partial charge on any atom is -0.481 e. The Labute approximate surface area is 181 Å². The van der Waals surface area contributed by atoms with Crippen molar-refractivity contribution in [2.45, 2.75) is 31.7 Å². The van der Waals surface area contributed by atoms with Crippen LogP contribution in [0.2, 0.25) is 0 Å². The van der Waals surface area contributed by atoms with E-state index >= 15 is 4.39 Å². The summed E-state index contributed by atoms with van der Waals surface area (Å²) in [5.74, 6) is -2.22. The number of aromatic nitrogens is 4. The Balaban J connectivity index is 1.49. The number of halogens is 2. The molecule has 2 bridgehead atoms. The third-order valence-corrected chi connectivity index (χ3v) is 7.18. The average molecular weight is 437 g/mol. The number of H-pyrrole nitrogens is 1. The van der Waals surface area contributed by atoms with Crippen molar-refractivity contribution in [3.05, 3.63) is 48.6 Å². The van der Waals surface area contributed by atoms with Gasteiger partial charge in [-0.25, -0.2) is 14.4 Å². The van der Waals surface area contributed by atoms with E-state index in [4.69, 9.17) is 0 Å². The molecule has 2 atom stereocenters. The second kappa shape index (κ2) is 7.01. The number of aromatic amines is 1. The van der Waals surface area contributed by atoms with Crippen molar-refractivity contribution in [3.8, 4) is 11.3 Å². The molecule has 3 fully saturated rings. The number of carbonyl (C=O) groups is 1. The van der Waals surface area contributed by atoms with Crippen LogP contribution in [-0.2, 0) is 4.79 Å². The summed E-state index contributed by atoms with van der Waals surface area (Å²) >= 11 is 0. The molecule has 7 nitrogen and oxygen atoms in total. The Bertz CT molecular complexity index is 1360. The summed E-state index contributed by atoms with van der Waals surface area (Å²) in [6.45, 7) is 0. The first-order valence-electron chi connectivity index (χ1n) is 10.8. The number of nitrogens with one attached hydrogen (secondary N) is 2. The van der Waals surface area contributed by atoms with Crippen LogP contribution in [0.25, 0.3) is 27.8 Å². The van der Waals surface area contributed by atoms with E-state index in [2.05, 4.69) is 20.3 Å². The highest BCUT2D eigenvalue weighted by molar-refractivity contribution is 5.97. The van der Waals surface area contributed by atoms with Gasteiger partial charge in [0.25, 0.3) is 0 Å². The number of anilines is 1. The monoisotopic (exact) mass is 437 g/mol. The molecule has 0 aliphatic heterocycles. The van der Waals surface area contributed by atoms with Gasteiger partial charge in [-0.2, -0.15) is 4.39 Å². The molecule has 1 unspecified atom stereocenters. The SMILES string of the molecule is O=C(O)[C@@H]1C(Nc2nc(-c3c[nH]c4ncc(F)cc34)c3cccn3c2F)[C@H]2CC[C@@H]1CC2. The van der Waals surface area contributed by atoms with Crippen molar-refractivity contribution < 1.29 is 18.7 Å². The van der Waals surface area contributed by atoms with E-state index in [0.29, 0.717) is 27.8 Å². The van der Waals surface area contributed by atoms with Gasteiger partial charge in [-0.05, 0) is 55.7 Å². The Hall–Kier alpha value is -3.49. The van der Waals surface area contributed by atoms with E-state index < -0.39 is 23.7 Å². The molecule has 0 spiro atoms. The molecule has 0 radical (unpaired) electrons. The molecule has 3 saturated carbocycles. The smallest absolute Gasteiger partial charge is 0.308 e. The zero-order valence-electron chi connectivity index (χ0n) is 17.1. The molecule has 4 aromatic rings. The Morgan fingerprint density at radius 3 is 2.78 bits per heavy atom. The third-order valence-electron chi connectivity index (χ3n) is 7.18. The Morgan fingerprint density at radius 2 is 2.00 bits per heavy atom. The lowest BCUT2D eigenvalue weighted by Gasteiger charge is -2.47. The molecule has 0 aromatic carbocycles. The van der Waals surface area contributed by atoms with Gasteiger partial charge in [0.1, 0.15) is 11.5 Å². The Kier molecular flexibility index (Phi) is 4.21. The number of pyridine rings is 1. The van der Waals surface area contributed by atoms with Gasteiger partial charge in [0.05, 0.1) is 23.3 Å². The highest BCUT2D eigenvalue weighted by Crippen LogP contribution is 2.46. The Morgan fingerprint density at radius 1 is 1.22 bits per heavy atom. The minimum absolute atomic E-state index is 0.00575. The van der Waals surface area contributed by atoms with E-state index in [1.807, 2.05) is 0 Å². The first-order valence-corrected chi connectivity index (χ1v) is 10.8. The number of nitrogens with zero attached hydrogens (tertiary/aromatic N) is 3. The number of rotatable bonds is 4. The van der Waals surface area contributed by atoms with Crippen molar-refractivity contribution >= 4 is 28.3 Å². The number of hydrogen-bond acceptors (Lipinski definition) is 4. The fraction of sp³-hybridized carbons (Fsp3) is 0.348. The van der Waals surface area contributed by atoms with Gasteiger partial charge in [-0.15, -0.1) is 0 Å². The number of fused-ring (bicyclic) bond motifs is 5. The molecule has 32 heavy (non-hydrogen) atoms. The van der Waals surface area contributed by atoms with Gasteiger partial charge in [0.15, 0.2) is 5.82 Å². The molecule has 4 aromatic heterocycles. The molecule has 3 aliphatic rings. The van der Waals surface area contributed by atoms with Crippen molar-refractivity contribution in [1.82, 2.24) is 19.4 Å². The summed E-state index contributed by atoms with van der Waals surface area (Å²) < 4.78 is 30.7. The second-order valence-corrected chi connectivity index (χ2v) is 8.82. The lowest BCUT2D eigenvalue weighted by atomic mass is 9.61. The van der Waals surface area contributed by atoms with Gasteiger partial charge in [0.2, 0.25) is 5.95 Å².